The third-order valence-corrected chi connectivity index (χ3v) is 6.76. The summed E-state index contributed by atoms with van der Waals surface area (Å²) < 4.78 is 6.21. The van der Waals surface area contributed by atoms with Crippen molar-refractivity contribution >= 4 is 38.5 Å². The molecule has 5 rings (SSSR count). The standard InChI is InChI=1S/C25H21N3O3S/c1-28-22(15-8-4-3-5-9-15)21(17-10-6-7-11-18(17)24(28)30)23(29)27-25-26-19-13-12-16(31-2)14-20(19)32-25/h3-14,21-22H,1-2H3,(H,26,27,29)/t21-,22-/m1/s1. The van der Waals surface area contributed by atoms with Gasteiger partial charge in [-0.15, -0.1) is 0 Å². The molecule has 32 heavy (non-hydrogen) atoms. The van der Waals surface area contributed by atoms with E-state index in [2.05, 4.69) is 10.3 Å². The number of carbonyl (C=O) groups is 2. The first kappa shape index (κ1) is 20.2. The molecule has 0 fully saturated rings. The molecular formula is C25H21N3O3S. The lowest BCUT2D eigenvalue weighted by Gasteiger charge is -2.39. The number of hydrogen-bond donors (Lipinski definition) is 1. The van der Waals surface area contributed by atoms with Gasteiger partial charge in [-0.3, -0.25) is 9.59 Å². The third kappa shape index (κ3) is 3.40. The molecule has 1 aliphatic rings. The molecule has 0 spiro atoms. The van der Waals surface area contributed by atoms with E-state index in [4.69, 9.17) is 4.74 Å². The quantitative estimate of drug-likeness (QED) is 0.489. The molecule has 7 heteroatoms. The normalized spacial score (nSPS) is 17.8. The van der Waals surface area contributed by atoms with Gasteiger partial charge in [-0.25, -0.2) is 4.98 Å². The summed E-state index contributed by atoms with van der Waals surface area (Å²) in [5, 5.41) is 3.52. The van der Waals surface area contributed by atoms with E-state index in [9.17, 15) is 9.59 Å². The second kappa shape index (κ2) is 8.09. The number of nitrogens with zero attached hydrogens (tertiary/aromatic N) is 2. The molecule has 0 bridgehead atoms. The SMILES string of the molecule is COc1ccc2nc(NC(=O)[C@@H]3c4ccccc4C(=O)N(C)[C@@H]3c3ccccc3)sc2c1. The fraction of sp³-hybridized carbons (Fsp3) is 0.160. The second-order valence-corrected chi connectivity index (χ2v) is 8.71. The second-order valence-electron chi connectivity index (χ2n) is 7.68. The highest BCUT2D eigenvalue weighted by Gasteiger charge is 2.42. The van der Waals surface area contributed by atoms with Crippen LogP contribution in [0, 0.1) is 0 Å². The molecule has 160 valence electrons. The molecule has 1 aromatic heterocycles. The number of anilines is 1. The number of amides is 2. The van der Waals surface area contributed by atoms with E-state index < -0.39 is 12.0 Å². The third-order valence-electron chi connectivity index (χ3n) is 5.83. The van der Waals surface area contributed by atoms with E-state index in [1.807, 2.05) is 66.7 Å². The first-order chi connectivity index (χ1) is 15.6. The lowest BCUT2D eigenvalue weighted by molar-refractivity contribution is -0.119. The Balaban J connectivity index is 1.56. The van der Waals surface area contributed by atoms with Crippen LogP contribution in [0.2, 0.25) is 0 Å². The molecule has 6 nitrogen and oxygen atoms in total. The van der Waals surface area contributed by atoms with Crippen LogP contribution in [0.4, 0.5) is 5.13 Å². The average molecular weight is 444 g/mol. The molecule has 2 heterocycles. The topological polar surface area (TPSA) is 71.5 Å². The predicted molar refractivity (Wildman–Crippen MR) is 125 cm³/mol. The molecule has 0 saturated heterocycles. The highest BCUT2D eigenvalue weighted by molar-refractivity contribution is 7.22. The number of fused-ring (bicyclic) bond motifs is 2. The maximum Gasteiger partial charge on any atom is 0.254 e. The van der Waals surface area contributed by atoms with Crippen LogP contribution in [0.5, 0.6) is 5.75 Å². The van der Waals surface area contributed by atoms with Crippen LogP contribution in [0.3, 0.4) is 0 Å². The molecule has 0 aliphatic carbocycles. The fourth-order valence-corrected chi connectivity index (χ4v) is 5.19. The highest BCUT2D eigenvalue weighted by atomic mass is 32.1. The van der Waals surface area contributed by atoms with Crippen molar-refractivity contribution in [3.8, 4) is 5.75 Å². The van der Waals surface area contributed by atoms with Crippen LogP contribution in [0.15, 0.2) is 72.8 Å². The minimum absolute atomic E-state index is 0.0921. The number of hydrogen-bond acceptors (Lipinski definition) is 5. The molecule has 0 saturated carbocycles. The molecule has 2 amide bonds. The summed E-state index contributed by atoms with van der Waals surface area (Å²) in [6, 6.07) is 22.2. The van der Waals surface area contributed by atoms with Gasteiger partial charge in [0.2, 0.25) is 5.91 Å². The van der Waals surface area contributed by atoms with Crippen LogP contribution in [-0.4, -0.2) is 35.9 Å². The van der Waals surface area contributed by atoms with E-state index in [0.29, 0.717) is 10.7 Å². The monoisotopic (exact) mass is 443 g/mol. The maximum atomic E-state index is 13.7. The Kier molecular flexibility index (Phi) is 5.11. The van der Waals surface area contributed by atoms with Gasteiger partial charge in [-0.1, -0.05) is 59.9 Å². The van der Waals surface area contributed by atoms with Crippen molar-refractivity contribution in [2.45, 2.75) is 12.0 Å². The smallest absolute Gasteiger partial charge is 0.254 e. The number of ether oxygens (including phenoxy) is 1. The average Bonchev–Trinajstić information content (AvgIpc) is 3.22. The summed E-state index contributed by atoms with van der Waals surface area (Å²) in [5.74, 6) is -0.121. The number of aromatic nitrogens is 1. The molecule has 1 aliphatic heterocycles. The Hall–Kier alpha value is -3.71. The summed E-state index contributed by atoms with van der Waals surface area (Å²) in [6.45, 7) is 0. The zero-order valence-corrected chi connectivity index (χ0v) is 18.4. The summed E-state index contributed by atoms with van der Waals surface area (Å²) in [4.78, 5) is 33.0. The van der Waals surface area contributed by atoms with Crippen LogP contribution in [0.25, 0.3) is 10.2 Å². The number of carbonyl (C=O) groups excluding carboxylic acids is 2. The molecule has 4 aromatic rings. The number of thiazole rings is 1. The van der Waals surface area contributed by atoms with Gasteiger partial charge in [-0.2, -0.15) is 0 Å². The van der Waals surface area contributed by atoms with Gasteiger partial charge in [-0.05, 0) is 35.4 Å². The van der Waals surface area contributed by atoms with E-state index in [1.54, 1.807) is 25.1 Å². The van der Waals surface area contributed by atoms with Gasteiger partial charge >= 0.3 is 0 Å². The van der Waals surface area contributed by atoms with E-state index >= 15 is 0 Å². The van der Waals surface area contributed by atoms with E-state index in [1.165, 1.54) is 11.3 Å². The molecule has 3 aromatic carbocycles. The number of benzene rings is 3. The Morgan fingerprint density at radius 1 is 1.06 bits per heavy atom. The Morgan fingerprint density at radius 2 is 1.81 bits per heavy atom. The minimum Gasteiger partial charge on any atom is -0.497 e. The molecule has 0 unspecified atom stereocenters. The van der Waals surface area contributed by atoms with E-state index in [0.717, 1.165) is 27.1 Å². The zero-order valence-electron chi connectivity index (χ0n) is 17.6. The van der Waals surface area contributed by atoms with Crippen molar-refractivity contribution in [2.75, 3.05) is 19.5 Å². The lowest BCUT2D eigenvalue weighted by Crippen LogP contribution is -2.44. The van der Waals surface area contributed by atoms with Crippen LogP contribution in [-0.2, 0) is 4.79 Å². The van der Waals surface area contributed by atoms with Crippen LogP contribution in [0.1, 0.15) is 33.4 Å². The Labute approximate surface area is 189 Å². The van der Waals surface area contributed by atoms with Gasteiger partial charge in [0.05, 0.1) is 29.3 Å². The largest absolute Gasteiger partial charge is 0.497 e. The van der Waals surface area contributed by atoms with Crippen molar-refractivity contribution in [2.24, 2.45) is 0 Å². The summed E-state index contributed by atoms with van der Waals surface area (Å²) in [5.41, 5.74) is 2.98. The Bertz CT molecular complexity index is 1320. The summed E-state index contributed by atoms with van der Waals surface area (Å²) >= 11 is 1.40. The van der Waals surface area contributed by atoms with Crippen LogP contribution < -0.4 is 10.1 Å². The summed E-state index contributed by atoms with van der Waals surface area (Å²) in [7, 11) is 3.37. The van der Waals surface area contributed by atoms with Crippen LogP contribution >= 0.6 is 11.3 Å². The lowest BCUT2D eigenvalue weighted by atomic mass is 9.79. The van der Waals surface area contributed by atoms with E-state index in [-0.39, 0.29) is 11.8 Å². The Morgan fingerprint density at radius 3 is 2.59 bits per heavy atom. The van der Waals surface area contributed by atoms with Gasteiger partial charge < -0.3 is 15.0 Å². The first-order valence-corrected chi connectivity index (χ1v) is 11.0. The van der Waals surface area contributed by atoms with Gasteiger partial charge in [0.25, 0.3) is 5.91 Å². The molecule has 0 radical (unpaired) electrons. The molecule has 2 atom stereocenters. The van der Waals surface area contributed by atoms with Gasteiger partial charge in [0, 0.05) is 12.6 Å². The zero-order chi connectivity index (χ0) is 22.2. The van der Waals surface area contributed by atoms with Crippen molar-refractivity contribution in [1.29, 1.82) is 0 Å². The number of nitrogens with one attached hydrogen (secondary N) is 1. The fourth-order valence-electron chi connectivity index (χ4n) is 4.29. The van der Waals surface area contributed by atoms with Crippen molar-refractivity contribution in [1.82, 2.24) is 9.88 Å². The number of methoxy groups -OCH3 is 1. The van der Waals surface area contributed by atoms with Crippen molar-refractivity contribution in [3.05, 3.63) is 89.5 Å². The van der Waals surface area contributed by atoms with Gasteiger partial charge in [0.1, 0.15) is 5.75 Å². The van der Waals surface area contributed by atoms with Crippen molar-refractivity contribution in [3.63, 3.8) is 0 Å². The molecule has 1 N–H and O–H groups in total. The minimum atomic E-state index is -0.571. The predicted octanol–water partition coefficient (Wildman–Crippen LogP) is 4.85. The molecular weight excluding hydrogens is 422 g/mol. The van der Waals surface area contributed by atoms with Crippen molar-refractivity contribution < 1.29 is 14.3 Å². The maximum absolute atomic E-state index is 13.7. The summed E-state index contributed by atoms with van der Waals surface area (Å²) in [6.07, 6.45) is 0. The number of likely N-dealkylation sites (N-methyl/N-ethyl adjacent to an activating group) is 1. The van der Waals surface area contributed by atoms with Gasteiger partial charge in [0.15, 0.2) is 5.13 Å². The first-order valence-electron chi connectivity index (χ1n) is 10.2. The highest BCUT2D eigenvalue weighted by Crippen LogP contribution is 2.42. The number of rotatable bonds is 4.